The van der Waals surface area contributed by atoms with Crippen molar-refractivity contribution in [2.75, 3.05) is 29.9 Å². The lowest BCUT2D eigenvalue weighted by molar-refractivity contribution is 0.299. The first kappa shape index (κ1) is 16.7. The van der Waals surface area contributed by atoms with Crippen molar-refractivity contribution in [1.29, 1.82) is 0 Å². The number of nitrogens with one attached hydrogen (secondary N) is 2. The van der Waals surface area contributed by atoms with Gasteiger partial charge >= 0.3 is 0 Å². The van der Waals surface area contributed by atoms with Gasteiger partial charge in [-0.05, 0) is 36.1 Å². The zero-order valence-electron chi connectivity index (χ0n) is 15.5. The van der Waals surface area contributed by atoms with Crippen molar-refractivity contribution in [3.05, 3.63) is 36.5 Å². The van der Waals surface area contributed by atoms with E-state index in [1.54, 1.807) is 6.20 Å². The second-order valence-electron chi connectivity index (χ2n) is 7.93. The molecule has 0 bridgehead atoms. The molecule has 0 saturated heterocycles. The van der Waals surface area contributed by atoms with E-state index in [2.05, 4.69) is 64.4 Å². The average molecular weight is 351 g/mol. The number of hydrogen-bond donors (Lipinski definition) is 2. The first-order valence-electron chi connectivity index (χ1n) is 9.07. The van der Waals surface area contributed by atoms with Crippen LogP contribution in [0.5, 0.6) is 5.75 Å². The summed E-state index contributed by atoms with van der Waals surface area (Å²) in [5.74, 6) is 1.77. The van der Waals surface area contributed by atoms with Gasteiger partial charge in [-0.15, -0.1) is 0 Å². The normalized spacial score (nSPS) is 14.2. The van der Waals surface area contributed by atoms with Crippen molar-refractivity contribution >= 4 is 28.2 Å². The molecule has 2 aromatic heterocycles. The topological polar surface area (TPSA) is 66.1 Å². The summed E-state index contributed by atoms with van der Waals surface area (Å²) >= 11 is 0. The summed E-state index contributed by atoms with van der Waals surface area (Å²) in [4.78, 5) is 6.67. The minimum atomic E-state index is 0.329. The van der Waals surface area contributed by atoms with Crippen LogP contribution in [-0.2, 0) is 0 Å². The minimum Gasteiger partial charge on any atom is -0.489 e. The van der Waals surface area contributed by atoms with Gasteiger partial charge in [-0.2, -0.15) is 5.10 Å². The van der Waals surface area contributed by atoms with Crippen LogP contribution in [0.2, 0.25) is 0 Å². The SMILES string of the molecule is CC(C)(C)CCN1CCOc2cc(Nc3[nH]nc4ncccc34)ccc21. The Morgan fingerprint density at radius 2 is 2.15 bits per heavy atom. The zero-order valence-corrected chi connectivity index (χ0v) is 15.5. The number of anilines is 3. The van der Waals surface area contributed by atoms with Gasteiger partial charge in [0.05, 0.1) is 17.6 Å². The van der Waals surface area contributed by atoms with E-state index in [0.29, 0.717) is 11.1 Å². The summed E-state index contributed by atoms with van der Waals surface area (Å²) in [5.41, 5.74) is 3.17. The van der Waals surface area contributed by atoms with Gasteiger partial charge in [0.25, 0.3) is 0 Å². The molecule has 0 saturated carbocycles. The molecule has 1 aliphatic rings. The van der Waals surface area contributed by atoms with Crippen LogP contribution in [0, 0.1) is 5.41 Å². The molecule has 0 amide bonds. The minimum absolute atomic E-state index is 0.329. The van der Waals surface area contributed by atoms with E-state index in [1.807, 2.05) is 12.1 Å². The number of pyridine rings is 1. The molecular formula is C20H25N5O. The molecule has 4 rings (SSSR count). The molecule has 0 aliphatic carbocycles. The Balaban J connectivity index is 1.55. The molecule has 0 unspecified atom stereocenters. The molecule has 3 aromatic rings. The Morgan fingerprint density at radius 1 is 1.27 bits per heavy atom. The van der Waals surface area contributed by atoms with Gasteiger partial charge in [0.15, 0.2) is 5.65 Å². The molecule has 3 heterocycles. The van der Waals surface area contributed by atoms with Crippen molar-refractivity contribution in [3.8, 4) is 5.75 Å². The highest BCUT2D eigenvalue weighted by atomic mass is 16.5. The third kappa shape index (κ3) is 3.45. The van der Waals surface area contributed by atoms with Crippen LogP contribution in [0.25, 0.3) is 11.0 Å². The highest BCUT2D eigenvalue weighted by Gasteiger charge is 2.21. The smallest absolute Gasteiger partial charge is 0.183 e. The predicted octanol–water partition coefficient (Wildman–Crippen LogP) is 4.34. The lowest BCUT2D eigenvalue weighted by Gasteiger charge is -2.33. The summed E-state index contributed by atoms with van der Waals surface area (Å²) in [6.45, 7) is 9.55. The molecule has 0 spiro atoms. The van der Waals surface area contributed by atoms with Crippen molar-refractivity contribution in [1.82, 2.24) is 15.2 Å². The summed E-state index contributed by atoms with van der Waals surface area (Å²) < 4.78 is 5.91. The number of H-pyrrole nitrogens is 1. The second-order valence-corrected chi connectivity index (χ2v) is 7.93. The summed E-state index contributed by atoms with van der Waals surface area (Å²) in [6.07, 6.45) is 2.89. The van der Waals surface area contributed by atoms with E-state index in [4.69, 9.17) is 4.74 Å². The molecule has 26 heavy (non-hydrogen) atoms. The van der Waals surface area contributed by atoms with E-state index in [-0.39, 0.29) is 0 Å². The van der Waals surface area contributed by atoms with Crippen LogP contribution >= 0.6 is 0 Å². The third-order valence-corrected chi connectivity index (χ3v) is 4.65. The number of rotatable bonds is 4. The van der Waals surface area contributed by atoms with Crippen molar-refractivity contribution in [2.45, 2.75) is 27.2 Å². The van der Waals surface area contributed by atoms with E-state index >= 15 is 0 Å². The maximum absolute atomic E-state index is 5.91. The van der Waals surface area contributed by atoms with Crippen LogP contribution in [0.3, 0.4) is 0 Å². The summed E-state index contributed by atoms with van der Waals surface area (Å²) in [5, 5.41) is 11.6. The van der Waals surface area contributed by atoms with Crippen molar-refractivity contribution in [2.24, 2.45) is 5.41 Å². The van der Waals surface area contributed by atoms with Gasteiger partial charge < -0.3 is 15.0 Å². The Hall–Kier alpha value is -2.76. The number of benzene rings is 1. The second kappa shape index (κ2) is 6.52. The molecule has 0 atom stereocenters. The fourth-order valence-electron chi connectivity index (χ4n) is 3.15. The van der Waals surface area contributed by atoms with E-state index in [9.17, 15) is 0 Å². The average Bonchev–Trinajstić information content (AvgIpc) is 3.02. The van der Waals surface area contributed by atoms with Crippen LogP contribution in [0.4, 0.5) is 17.2 Å². The Labute approximate surface area is 153 Å². The fraction of sp³-hybridized carbons (Fsp3) is 0.400. The first-order valence-corrected chi connectivity index (χ1v) is 9.07. The van der Waals surface area contributed by atoms with Gasteiger partial charge in [-0.3, -0.25) is 5.10 Å². The van der Waals surface area contributed by atoms with Crippen LogP contribution < -0.4 is 15.0 Å². The van der Waals surface area contributed by atoms with E-state index in [0.717, 1.165) is 48.8 Å². The van der Waals surface area contributed by atoms with Crippen LogP contribution in [-0.4, -0.2) is 34.9 Å². The molecule has 0 radical (unpaired) electrons. The van der Waals surface area contributed by atoms with E-state index in [1.165, 1.54) is 5.69 Å². The molecule has 6 nitrogen and oxygen atoms in total. The molecule has 1 aromatic carbocycles. The van der Waals surface area contributed by atoms with Crippen LogP contribution in [0.15, 0.2) is 36.5 Å². The fourth-order valence-corrected chi connectivity index (χ4v) is 3.15. The van der Waals surface area contributed by atoms with Gasteiger partial charge in [0, 0.05) is 24.5 Å². The lowest BCUT2D eigenvalue weighted by Crippen LogP contribution is -2.35. The molecule has 6 heteroatoms. The molecule has 2 N–H and O–H groups in total. The number of aromatic nitrogens is 3. The number of ether oxygens (including phenoxy) is 1. The standard InChI is InChI=1S/C20H25N5O/c1-20(2,3)8-10-25-11-12-26-17-13-14(6-7-16(17)25)22-19-15-5-4-9-21-18(15)23-24-19/h4-7,9,13H,8,10-12H2,1-3H3,(H2,21,22,23,24). The maximum Gasteiger partial charge on any atom is 0.183 e. The number of hydrogen-bond acceptors (Lipinski definition) is 5. The molecule has 1 aliphatic heterocycles. The number of aromatic amines is 1. The lowest BCUT2D eigenvalue weighted by atomic mass is 9.92. The van der Waals surface area contributed by atoms with Gasteiger partial charge in [-0.25, -0.2) is 4.98 Å². The highest BCUT2D eigenvalue weighted by molar-refractivity contribution is 5.89. The van der Waals surface area contributed by atoms with Crippen molar-refractivity contribution in [3.63, 3.8) is 0 Å². The first-order chi connectivity index (χ1) is 12.5. The molecule has 136 valence electrons. The zero-order chi connectivity index (χ0) is 18.1. The predicted molar refractivity (Wildman–Crippen MR) is 105 cm³/mol. The van der Waals surface area contributed by atoms with Gasteiger partial charge in [-0.1, -0.05) is 20.8 Å². The largest absolute Gasteiger partial charge is 0.489 e. The molecule has 0 fully saturated rings. The van der Waals surface area contributed by atoms with Gasteiger partial charge in [0.1, 0.15) is 18.2 Å². The van der Waals surface area contributed by atoms with E-state index < -0.39 is 0 Å². The number of fused-ring (bicyclic) bond motifs is 2. The maximum atomic E-state index is 5.91. The monoisotopic (exact) mass is 351 g/mol. The Bertz CT molecular complexity index is 912. The Kier molecular flexibility index (Phi) is 4.18. The molecular weight excluding hydrogens is 326 g/mol. The quantitative estimate of drug-likeness (QED) is 0.732. The van der Waals surface area contributed by atoms with Crippen molar-refractivity contribution < 1.29 is 4.74 Å². The summed E-state index contributed by atoms with van der Waals surface area (Å²) in [7, 11) is 0. The van der Waals surface area contributed by atoms with Crippen LogP contribution in [0.1, 0.15) is 27.2 Å². The third-order valence-electron chi connectivity index (χ3n) is 4.65. The summed E-state index contributed by atoms with van der Waals surface area (Å²) in [6, 6.07) is 10.2. The highest BCUT2D eigenvalue weighted by Crippen LogP contribution is 2.36. The Morgan fingerprint density at radius 3 is 3.00 bits per heavy atom. The number of nitrogens with zero attached hydrogens (tertiary/aromatic N) is 3. The van der Waals surface area contributed by atoms with Gasteiger partial charge in [0.2, 0.25) is 0 Å².